The van der Waals surface area contributed by atoms with Gasteiger partial charge in [0.25, 0.3) is 0 Å². The fraction of sp³-hybridized carbons (Fsp3) is 0.538. The number of hydrogen-bond acceptors (Lipinski definition) is 4. The summed E-state index contributed by atoms with van der Waals surface area (Å²) in [6.45, 7) is 5.06. The molecule has 0 aliphatic carbocycles. The maximum absolute atomic E-state index is 11.7. The Labute approximate surface area is 126 Å². The van der Waals surface area contributed by atoms with Crippen LogP contribution in [0.3, 0.4) is 0 Å². The van der Waals surface area contributed by atoms with Crippen LogP contribution in [0.1, 0.15) is 32.8 Å². The summed E-state index contributed by atoms with van der Waals surface area (Å²) in [5.74, 6) is 0. The van der Waals surface area contributed by atoms with Crippen LogP contribution >= 0.6 is 0 Å². The lowest BCUT2D eigenvalue weighted by Gasteiger charge is -2.16. The largest absolute Gasteiger partial charge is 0.238 e. The van der Waals surface area contributed by atoms with Crippen molar-refractivity contribution in [1.82, 2.24) is 4.72 Å². The van der Waals surface area contributed by atoms with Gasteiger partial charge in [0.15, 0.2) is 0 Å². The van der Waals surface area contributed by atoms with E-state index in [1.807, 2.05) is 0 Å². The van der Waals surface area contributed by atoms with E-state index in [1.165, 1.54) is 12.1 Å². The Morgan fingerprint density at radius 1 is 1.05 bits per heavy atom. The first-order valence-electron chi connectivity index (χ1n) is 6.65. The highest BCUT2D eigenvalue weighted by Gasteiger charge is 2.18. The number of nitrogens with two attached hydrogens (primary N) is 1. The zero-order valence-electron chi connectivity index (χ0n) is 12.4. The van der Waals surface area contributed by atoms with Gasteiger partial charge in [-0.2, -0.15) is 0 Å². The minimum atomic E-state index is -3.68. The molecule has 6 nitrogen and oxygen atoms in total. The van der Waals surface area contributed by atoms with Crippen LogP contribution in [0.5, 0.6) is 0 Å². The summed E-state index contributed by atoms with van der Waals surface area (Å²) in [5.41, 5.74) is 0.929. The standard InChI is InChI=1S/C13H22N2O4S2/c1-10(2)21(18,19)15-11(3)4-5-12-6-8-13(9-7-12)20(14,16)17/h6-11,15H,4-5H2,1-3H3,(H2,14,16,17). The average molecular weight is 334 g/mol. The number of sulfonamides is 2. The molecule has 1 aromatic carbocycles. The third kappa shape index (κ3) is 5.74. The Morgan fingerprint density at radius 2 is 1.57 bits per heavy atom. The molecule has 0 aliphatic rings. The lowest BCUT2D eigenvalue weighted by Crippen LogP contribution is -2.37. The molecule has 0 bridgehead atoms. The van der Waals surface area contributed by atoms with Gasteiger partial charge in [0.2, 0.25) is 20.0 Å². The molecule has 1 rings (SSSR count). The predicted molar refractivity (Wildman–Crippen MR) is 82.8 cm³/mol. The van der Waals surface area contributed by atoms with Crippen LogP contribution < -0.4 is 9.86 Å². The van der Waals surface area contributed by atoms with Crippen LogP contribution in [0.2, 0.25) is 0 Å². The number of aryl methyl sites for hydroxylation is 1. The number of benzene rings is 1. The highest BCUT2D eigenvalue weighted by molar-refractivity contribution is 7.90. The van der Waals surface area contributed by atoms with Crippen LogP contribution in [-0.2, 0) is 26.5 Å². The van der Waals surface area contributed by atoms with E-state index in [4.69, 9.17) is 5.14 Å². The number of rotatable bonds is 7. The maximum atomic E-state index is 11.7. The summed E-state index contributed by atoms with van der Waals surface area (Å²) >= 11 is 0. The fourth-order valence-electron chi connectivity index (χ4n) is 1.70. The first-order valence-corrected chi connectivity index (χ1v) is 9.74. The zero-order valence-corrected chi connectivity index (χ0v) is 14.0. The molecule has 120 valence electrons. The smallest absolute Gasteiger partial charge is 0.225 e. The Kier molecular flexibility index (Phi) is 5.92. The molecule has 0 radical (unpaired) electrons. The van der Waals surface area contributed by atoms with Crippen molar-refractivity contribution >= 4 is 20.0 Å². The molecule has 0 spiro atoms. The molecule has 8 heteroatoms. The molecule has 0 saturated heterocycles. The second-order valence-corrected chi connectivity index (χ2v) is 9.17. The quantitative estimate of drug-likeness (QED) is 0.775. The summed E-state index contributed by atoms with van der Waals surface area (Å²) in [6, 6.07) is 6.09. The first-order chi connectivity index (χ1) is 9.52. The summed E-state index contributed by atoms with van der Waals surface area (Å²) in [7, 11) is -6.95. The fourth-order valence-corrected chi connectivity index (χ4v) is 3.17. The lowest BCUT2D eigenvalue weighted by molar-refractivity contribution is 0.539. The van der Waals surface area contributed by atoms with Crippen molar-refractivity contribution in [3.8, 4) is 0 Å². The number of nitrogens with one attached hydrogen (secondary N) is 1. The highest BCUT2D eigenvalue weighted by atomic mass is 32.2. The van der Waals surface area contributed by atoms with Crippen molar-refractivity contribution < 1.29 is 16.8 Å². The molecule has 0 aliphatic heterocycles. The lowest BCUT2D eigenvalue weighted by atomic mass is 10.1. The molecule has 3 N–H and O–H groups in total. The van der Waals surface area contributed by atoms with Crippen molar-refractivity contribution in [3.63, 3.8) is 0 Å². The van der Waals surface area contributed by atoms with E-state index in [0.717, 1.165) is 5.56 Å². The van der Waals surface area contributed by atoms with Crippen LogP contribution in [0.15, 0.2) is 29.2 Å². The number of hydrogen-bond donors (Lipinski definition) is 2. The highest BCUT2D eigenvalue weighted by Crippen LogP contribution is 2.11. The minimum Gasteiger partial charge on any atom is -0.225 e. The second-order valence-electron chi connectivity index (χ2n) is 5.34. The summed E-state index contributed by atoms with van der Waals surface area (Å²) in [6.07, 6.45) is 1.27. The molecular formula is C13H22N2O4S2. The molecule has 0 saturated carbocycles. The predicted octanol–water partition coefficient (Wildman–Crippen LogP) is 0.983. The van der Waals surface area contributed by atoms with E-state index in [2.05, 4.69) is 4.72 Å². The zero-order chi connectivity index (χ0) is 16.3. The minimum absolute atomic E-state index is 0.0693. The first kappa shape index (κ1) is 18.1. The van der Waals surface area contributed by atoms with Gasteiger partial charge in [-0.1, -0.05) is 12.1 Å². The topological polar surface area (TPSA) is 106 Å². The maximum Gasteiger partial charge on any atom is 0.238 e. The summed E-state index contributed by atoms with van der Waals surface area (Å²) in [4.78, 5) is 0.0693. The molecule has 1 unspecified atom stereocenters. The number of primary sulfonamides is 1. The third-order valence-corrected chi connectivity index (χ3v) is 6.01. The Bertz CT molecular complexity index is 665. The van der Waals surface area contributed by atoms with Gasteiger partial charge in [-0.05, 0) is 51.3 Å². The third-order valence-electron chi connectivity index (χ3n) is 3.10. The van der Waals surface area contributed by atoms with Gasteiger partial charge in [0.05, 0.1) is 10.1 Å². The molecule has 1 atom stereocenters. The van der Waals surface area contributed by atoms with E-state index in [9.17, 15) is 16.8 Å². The van der Waals surface area contributed by atoms with E-state index >= 15 is 0 Å². The van der Waals surface area contributed by atoms with Crippen molar-refractivity contribution in [1.29, 1.82) is 0 Å². The Balaban J connectivity index is 2.60. The Hall–Kier alpha value is -0.960. The monoisotopic (exact) mass is 334 g/mol. The summed E-state index contributed by atoms with van der Waals surface area (Å²) in [5, 5.41) is 4.56. The van der Waals surface area contributed by atoms with Crippen molar-refractivity contribution in [3.05, 3.63) is 29.8 Å². The van der Waals surface area contributed by atoms with Crippen molar-refractivity contribution in [2.45, 2.75) is 49.8 Å². The SMILES string of the molecule is CC(CCc1ccc(S(N)(=O)=O)cc1)NS(=O)(=O)C(C)C. The van der Waals surface area contributed by atoms with Crippen LogP contribution in [0, 0.1) is 0 Å². The average Bonchev–Trinajstić information content (AvgIpc) is 2.35. The van der Waals surface area contributed by atoms with Gasteiger partial charge in [-0.25, -0.2) is 26.7 Å². The molecule has 0 aromatic heterocycles. The summed E-state index contributed by atoms with van der Waals surface area (Å²) < 4.78 is 48.3. The molecule has 0 amide bonds. The van der Waals surface area contributed by atoms with Crippen molar-refractivity contribution in [2.75, 3.05) is 0 Å². The van der Waals surface area contributed by atoms with Crippen LogP contribution in [-0.4, -0.2) is 28.1 Å². The molecular weight excluding hydrogens is 312 g/mol. The normalized spacial score (nSPS) is 14.3. The van der Waals surface area contributed by atoms with E-state index in [1.54, 1.807) is 32.9 Å². The van der Waals surface area contributed by atoms with E-state index in [0.29, 0.717) is 12.8 Å². The van der Waals surface area contributed by atoms with Crippen molar-refractivity contribution in [2.24, 2.45) is 5.14 Å². The van der Waals surface area contributed by atoms with Crippen LogP contribution in [0.4, 0.5) is 0 Å². The molecule has 0 fully saturated rings. The van der Waals surface area contributed by atoms with E-state index in [-0.39, 0.29) is 10.9 Å². The van der Waals surface area contributed by atoms with Gasteiger partial charge in [-0.15, -0.1) is 0 Å². The van der Waals surface area contributed by atoms with Crippen LogP contribution in [0.25, 0.3) is 0 Å². The second kappa shape index (κ2) is 6.87. The van der Waals surface area contributed by atoms with Gasteiger partial charge in [-0.3, -0.25) is 0 Å². The van der Waals surface area contributed by atoms with Gasteiger partial charge < -0.3 is 0 Å². The molecule has 0 heterocycles. The molecule has 1 aromatic rings. The Morgan fingerprint density at radius 3 is 2.00 bits per heavy atom. The van der Waals surface area contributed by atoms with Gasteiger partial charge >= 0.3 is 0 Å². The van der Waals surface area contributed by atoms with Gasteiger partial charge in [0, 0.05) is 6.04 Å². The molecule has 21 heavy (non-hydrogen) atoms. The van der Waals surface area contributed by atoms with E-state index < -0.39 is 25.3 Å². The van der Waals surface area contributed by atoms with Gasteiger partial charge in [0.1, 0.15) is 0 Å².